The third-order valence-electron chi connectivity index (χ3n) is 5.90. The Morgan fingerprint density at radius 3 is 2.42 bits per heavy atom. The number of fused-ring (bicyclic) bond motifs is 1. The third kappa shape index (κ3) is 4.85. The zero-order valence-corrected chi connectivity index (χ0v) is 17.7. The minimum absolute atomic E-state index is 0.101. The summed E-state index contributed by atoms with van der Waals surface area (Å²) in [5.74, 6) is -0.111. The van der Waals surface area contributed by atoms with E-state index >= 15 is 0 Å². The molecule has 0 aliphatic carbocycles. The van der Waals surface area contributed by atoms with Gasteiger partial charge in [-0.15, -0.1) is 0 Å². The molecule has 3 amide bonds. The van der Waals surface area contributed by atoms with E-state index in [1.807, 2.05) is 59.5 Å². The van der Waals surface area contributed by atoms with Gasteiger partial charge in [0.2, 0.25) is 17.7 Å². The molecular weight excluding hydrogens is 390 g/mol. The Hall–Kier alpha value is -3.41. The average molecular weight is 418 g/mol. The molecule has 4 rings (SSSR count). The van der Waals surface area contributed by atoms with Crippen molar-refractivity contribution in [3.8, 4) is 0 Å². The molecule has 0 bridgehead atoms. The maximum Gasteiger partial charge on any atom is 0.226 e. The van der Waals surface area contributed by atoms with Crippen LogP contribution in [0.25, 0.3) is 6.08 Å². The predicted octanol–water partition coefficient (Wildman–Crippen LogP) is 3.75. The molecule has 1 N–H and O–H groups in total. The van der Waals surface area contributed by atoms with Gasteiger partial charge in [-0.05, 0) is 47.7 Å². The summed E-state index contributed by atoms with van der Waals surface area (Å²) in [4.78, 5) is 40.7. The van der Waals surface area contributed by atoms with Crippen LogP contribution in [-0.2, 0) is 20.8 Å². The highest BCUT2D eigenvalue weighted by Gasteiger charge is 2.28. The summed E-state index contributed by atoms with van der Waals surface area (Å²) in [6.45, 7) is 3.21. The van der Waals surface area contributed by atoms with Gasteiger partial charge < -0.3 is 15.1 Å². The Balaban J connectivity index is 1.39. The van der Waals surface area contributed by atoms with Crippen molar-refractivity contribution in [3.63, 3.8) is 0 Å². The van der Waals surface area contributed by atoms with E-state index in [2.05, 4.69) is 5.32 Å². The van der Waals surface area contributed by atoms with Gasteiger partial charge in [-0.3, -0.25) is 14.4 Å². The van der Waals surface area contributed by atoms with E-state index in [0.717, 1.165) is 42.6 Å². The van der Waals surface area contributed by atoms with Crippen molar-refractivity contribution in [2.75, 3.05) is 18.4 Å². The van der Waals surface area contributed by atoms with Crippen LogP contribution in [0.3, 0.4) is 0 Å². The number of amides is 3. The lowest BCUT2D eigenvalue weighted by Gasteiger charge is -2.32. The number of nitrogens with zero attached hydrogens (tertiary/aromatic N) is 2. The Labute approximate surface area is 182 Å². The molecule has 1 saturated heterocycles. The number of hydrogen-bond acceptors (Lipinski definition) is 3. The molecule has 31 heavy (non-hydrogen) atoms. The van der Waals surface area contributed by atoms with Crippen LogP contribution < -0.4 is 5.32 Å². The molecule has 0 aromatic heterocycles. The summed E-state index contributed by atoms with van der Waals surface area (Å²) in [5, 5.41) is 2.92. The molecule has 0 radical (unpaired) electrons. The van der Waals surface area contributed by atoms with Crippen molar-refractivity contribution in [3.05, 3.63) is 71.4 Å². The van der Waals surface area contributed by atoms with E-state index in [-0.39, 0.29) is 30.2 Å². The van der Waals surface area contributed by atoms with Crippen molar-refractivity contribution >= 4 is 29.5 Å². The Bertz CT molecular complexity index is 1010. The molecule has 0 saturated carbocycles. The fourth-order valence-corrected chi connectivity index (χ4v) is 4.26. The molecule has 2 aromatic rings. The first-order valence-electron chi connectivity index (χ1n) is 10.7. The van der Waals surface area contributed by atoms with Crippen molar-refractivity contribution in [2.45, 2.75) is 38.6 Å². The van der Waals surface area contributed by atoms with E-state index in [0.29, 0.717) is 12.1 Å². The number of hydrogen-bond donors (Lipinski definition) is 1. The van der Waals surface area contributed by atoms with Crippen molar-refractivity contribution in [1.29, 1.82) is 0 Å². The number of carbonyl (C=O) groups excluding carboxylic acids is 3. The Morgan fingerprint density at radius 2 is 1.71 bits per heavy atom. The van der Waals surface area contributed by atoms with Gasteiger partial charge in [0.05, 0.1) is 18.9 Å². The molecular formula is C25H27N3O3. The number of likely N-dealkylation sites (tertiary alicyclic amines) is 1. The third-order valence-corrected chi connectivity index (χ3v) is 5.90. The molecule has 160 valence electrons. The number of benzene rings is 2. The highest BCUT2D eigenvalue weighted by atomic mass is 16.2. The summed E-state index contributed by atoms with van der Waals surface area (Å²) in [6.07, 6.45) is 6.35. The maximum atomic E-state index is 12.8. The molecule has 2 heterocycles. The molecule has 0 spiro atoms. The highest BCUT2D eigenvalue weighted by molar-refractivity contribution is 5.92. The summed E-state index contributed by atoms with van der Waals surface area (Å²) >= 11 is 0. The van der Waals surface area contributed by atoms with Crippen LogP contribution in [0.1, 0.15) is 48.9 Å². The zero-order chi connectivity index (χ0) is 21.8. The molecule has 1 fully saturated rings. The predicted molar refractivity (Wildman–Crippen MR) is 120 cm³/mol. The van der Waals surface area contributed by atoms with Crippen LogP contribution in [0.4, 0.5) is 5.69 Å². The van der Waals surface area contributed by atoms with Gasteiger partial charge in [-0.25, -0.2) is 0 Å². The highest BCUT2D eigenvalue weighted by Crippen LogP contribution is 2.33. The number of nitrogens with one attached hydrogen (secondary N) is 1. The number of carbonyl (C=O) groups is 3. The minimum atomic E-state index is -0.337. The SMILES string of the molecule is CC(=O)N1C=Cc2ccccc2[C@H]1CC(=O)Nc1ccc(CC(=O)N2CCCC2)cc1. The van der Waals surface area contributed by atoms with Crippen LogP contribution in [0.15, 0.2) is 54.7 Å². The first kappa shape index (κ1) is 20.8. The van der Waals surface area contributed by atoms with Crippen LogP contribution >= 0.6 is 0 Å². The first-order chi connectivity index (χ1) is 15.0. The summed E-state index contributed by atoms with van der Waals surface area (Å²) in [7, 11) is 0. The Kier molecular flexibility index (Phi) is 6.16. The zero-order valence-electron chi connectivity index (χ0n) is 17.7. The fraction of sp³-hybridized carbons (Fsp3) is 0.320. The lowest BCUT2D eigenvalue weighted by Crippen LogP contribution is -2.33. The van der Waals surface area contributed by atoms with Gasteiger partial charge in [0.1, 0.15) is 0 Å². The van der Waals surface area contributed by atoms with Gasteiger partial charge in [-0.1, -0.05) is 36.4 Å². The van der Waals surface area contributed by atoms with Gasteiger partial charge in [0.25, 0.3) is 0 Å². The van der Waals surface area contributed by atoms with E-state index in [4.69, 9.17) is 0 Å². The fourth-order valence-electron chi connectivity index (χ4n) is 4.26. The second-order valence-corrected chi connectivity index (χ2v) is 8.10. The molecule has 1 atom stereocenters. The molecule has 0 unspecified atom stereocenters. The summed E-state index contributed by atoms with van der Waals surface area (Å²) in [5.41, 5.74) is 3.59. The van der Waals surface area contributed by atoms with Crippen molar-refractivity contribution in [1.82, 2.24) is 9.80 Å². The van der Waals surface area contributed by atoms with Crippen LogP contribution in [0.5, 0.6) is 0 Å². The number of anilines is 1. The van der Waals surface area contributed by atoms with Gasteiger partial charge in [-0.2, -0.15) is 0 Å². The van der Waals surface area contributed by atoms with E-state index in [1.165, 1.54) is 6.92 Å². The lowest BCUT2D eigenvalue weighted by molar-refractivity contribution is -0.130. The largest absolute Gasteiger partial charge is 0.342 e. The van der Waals surface area contributed by atoms with E-state index in [1.54, 1.807) is 11.1 Å². The Morgan fingerprint density at radius 1 is 1.00 bits per heavy atom. The van der Waals surface area contributed by atoms with Gasteiger partial charge in [0.15, 0.2) is 0 Å². The van der Waals surface area contributed by atoms with E-state index < -0.39 is 0 Å². The van der Waals surface area contributed by atoms with Gasteiger partial charge in [0, 0.05) is 31.9 Å². The second-order valence-electron chi connectivity index (χ2n) is 8.10. The molecule has 2 aliphatic heterocycles. The van der Waals surface area contributed by atoms with E-state index in [9.17, 15) is 14.4 Å². The summed E-state index contributed by atoms with van der Waals surface area (Å²) < 4.78 is 0. The standard InChI is InChI=1S/C25H27N3O3/c1-18(29)28-15-12-20-6-2-3-7-22(20)23(28)17-24(30)26-21-10-8-19(9-11-21)16-25(31)27-13-4-5-14-27/h2-3,6-12,15,23H,4-5,13-14,16-17H2,1H3,(H,26,30)/t23-/m1/s1. The van der Waals surface area contributed by atoms with Crippen LogP contribution in [-0.4, -0.2) is 40.6 Å². The maximum absolute atomic E-state index is 12.8. The molecule has 6 heteroatoms. The normalized spacial score (nSPS) is 17.4. The molecule has 6 nitrogen and oxygen atoms in total. The van der Waals surface area contributed by atoms with Crippen molar-refractivity contribution < 1.29 is 14.4 Å². The van der Waals surface area contributed by atoms with Crippen molar-refractivity contribution in [2.24, 2.45) is 0 Å². The topological polar surface area (TPSA) is 69.7 Å². The first-order valence-corrected chi connectivity index (χ1v) is 10.7. The number of rotatable bonds is 5. The summed E-state index contributed by atoms with van der Waals surface area (Å²) in [6, 6.07) is 14.9. The van der Waals surface area contributed by atoms with Crippen LogP contribution in [0, 0.1) is 0 Å². The minimum Gasteiger partial charge on any atom is -0.342 e. The average Bonchev–Trinajstić information content (AvgIpc) is 3.30. The van der Waals surface area contributed by atoms with Gasteiger partial charge >= 0.3 is 0 Å². The lowest BCUT2D eigenvalue weighted by atomic mass is 9.93. The smallest absolute Gasteiger partial charge is 0.226 e. The second kappa shape index (κ2) is 9.16. The monoisotopic (exact) mass is 417 g/mol. The quantitative estimate of drug-likeness (QED) is 0.805. The van der Waals surface area contributed by atoms with Crippen LogP contribution in [0.2, 0.25) is 0 Å². The molecule has 2 aliphatic rings. The molecule has 2 aromatic carbocycles.